The van der Waals surface area contributed by atoms with Crippen LogP contribution in [-0.2, 0) is 9.53 Å². The monoisotopic (exact) mass is 189 g/mol. The van der Waals surface area contributed by atoms with Crippen molar-refractivity contribution in [2.24, 2.45) is 0 Å². The molecular formula is C9H19NO3. The van der Waals surface area contributed by atoms with Gasteiger partial charge in [-0.05, 0) is 13.3 Å². The van der Waals surface area contributed by atoms with E-state index in [0.29, 0.717) is 6.61 Å². The van der Waals surface area contributed by atoms with Gasteiger partial charge in [0.1, 0.15) is 6.61 Å². The van der Waals surface area contributed by atoms with Gasteiger partial charge in [-0.3, -0.25) is 4.79 Å². The molecule has 4 heteroatoms. The summed E-state index contributed by atoms with van der Waals surface area (Å²) < 4.78 is 5.09. The predicted octanol–water partition coefficient (Wildman–Crippen LogP) is 0.252. The molecule has 0 aliphatic carbocycles. The maximum absolute atomic E-state index is 11.3. The number of aliphatic hydroxyl groups excluding tert-OH is 1. The van der Waals surface area contributed by atoms with E-state index < -0.39 is 0 Å². The quantitative estimate of drug-likeness (QED) is 0.609. The number of hydrogen-bond donors (Lipinski definition) is 1. The van der Waals surface area contributed by atoms with Gasteiger partial charge in [0.15, 0.2) is 0 Å². The molecular weight excluding hydrogens is 170 g/mol. The maximum Gasteiger partial charge on any atom is 0.248 e. The van der Waals surface area contributed by atoms with Gasteiger partial charge < -0.3 is 14.7 Å². The second-order valence-electron chi connectivity index (χ2n) is 3.09. The van der Waals surface area contributed by atoms with Gasteiger partial charge in [0.2, 0.25) is 5.91 Å². The summed E-state index contributed by atoms with van der Waals surface area (Å²) in [7, 11) is 1.67. The lowest BCUT2D eigenvalue weighted by Gasteiger charge is -2.22. The van der Waals surface area contributed by atoms with Crippen molar-refractivity contribution in [2.45, 2.75) is 26.3 Å². The first kappa shape index (κ1) is 12.4. The molecule has 0 heterocycles. The molecule has 1 N–H and O–H groups in total. The Labute approximate surface area is 79.5 Å². The van der Waals surface area contributed by atoms with E-state index in [2.05, 4.69) is 0 Å². The van der Waals surface area contributed by atoms with Crippen LogP contribution >= 0.6 is 0 Å². The Morgan fingerprint density at radius 2 is 2.23 bits per heavy atom. The predicted molar refractivity (Wildman–Crippen MR) is 50.4 cm³/mol. The van der Waals surface area contributed by atoms with E-state index in [1.54, 1.807) is 14.0 Å². The summed E-state index contributed by atoms with van der Waals surface area (Å²) in [6.07, 6.45) is 0.909. The van der Waals surface area contributed by atoms with Gasteiger partial charge >= 0.3 is 0 Å². The van der Waals surface area contributed by atoms with Gasteiger partial charge in [-0.1, -0.05) is 6.92 Å². The van der Waals surface area contributed by atoms with Crippen LogP contribution in [0.4, 0.5) is 0 Å². The van der Waals surface area contributed by atoms with Crippen molar-refractivity contribution in [3.05, 3.63) is 0 Å². The maximum atomic E-state index is 11.3. The zero-order valence-electron chi connectivity index (χ0n) is 8.62. The highest BCUT2D eigenvalue weighted by atomic mass is 16.5. The summed E-state index contributed by atoms with van der Waals surface area (Å²) in [6, 6.07) is -0.141. The van der Waals surface area contributed by atoms with Crippen molar-refractivity contribution < 1.29 is 14.6 Å². The van der Waals surface area contributed by atoms with Crippen LogP contribution < -0.4 is 0 Å². The number of rotatable bonds is 6. The van der Waals surface area contributed by atoms with Crippen molar-refractivity contribution in [2.75, 3.05) is 26.9 Å². The van der Waals surface area contributed by atoms with Crippen molar-refractivity contribution >= 4 is 5.91 Å². The number of carbonyl (C=O) groups excluding carboxylic acids is 1. The lowest BCUT2D eigenvalue weighted by atomic mass is 10.3. The first-order chi connectivity index (χ1) is 6.13. The molecule has 0 rings (SSSR count). The highest BCUT2D eigenvalue weighted by Gasteiger charge is 2.14. The van der Waals surface area contributed by atoms with Crippen molar-refractivity contribution in [3.63, 3.8) is 0 Å². The Hall–Kier alpha value is -0.610. The van der Waals surface area contributed by atoms with E-state index in [1.165, 1.54) is 4.90 Å². The fraction of sp³-hybridized carbons (Fsp3) is 0.889. The van der Waals surface area contributed by atoms with Crippen LogP contribution in [0.15, 0.2) is 0 Å². The number of amides is 1. The van der Waals surface area contributed by atoms with Crippen LogP contribution in [-0.4, -0.2) is 48.8 Å². The smallest absolute Gasteiger partial charge is 0.248 e. The lowest BCUT2D eigenvalue weighted by molar-refractivity contribution is -0.137. The third-order valence-corrected chi connectivity index (χ3v) is 1.89. The molecule has 0 radical (unpaired) electrons. The summed E-state index contributed by atoms with van der Waals surface area (Å²) in [5.41, 5.74) is 0. The summed E-state index contributed by atoms with van der Waals surface area (Å²) >= 11 is 0. The SMILES string of the molecule is CCCOCC(=O)N(C)C(C)CO. The van der Waals surface area contributed by atoms with Crippen molar-refractivity contribution in [3.8, 4) is 0 Å². The zero-order chi connectivity index (χ0) is 10.3. The van der Waals surface area contributed by atoms with Gasteiger partial charge in [0.05, 0.1) is 12.6 Å². The fourth-order valence-corrected chi connectivity index (χ4v) is 0.774. The average molecular weight is 189 g/mol. The van der Waals surface area contributed by atoms with Crippen LogP contribution in [0.5, 0.6) is 0 Å². The van der Waals surface area contributed by atoms with E-state index in [0.717, 1.165) is 6.42 Å². The molecule has 0 aliphatic rings. The van der Waals surface area contributed by atoms with Crippen LogP contribution in [0.1, 0.15) is 20.3 Å². The fourth-order valence-electron chi connectivity index (χ4n) is 0.774. The van der Waals surface area contributed by atoms with E-state index >= 15 is 0 Å². The van der Waals surface area contributed by atoms with E-state index in [1.807, 2.05) is 6.92 Å². The zero-order valence-corrected chi connectivity index (χ0v) is 8.62. The minimum Gasteiger partial charge on any atom is -0.394 e. The number of likely N-dealkylation sites (N-methyl/N-ethyl adjacent to an activating group) is 1. The Balaban J connectivity index is 3.69. The molecule has 0 saturated heterocycles. The molecule has 4 nitrogen and oxygen atoms in total. The molecule has 0 aliphatic heterocycles. The summed E-state index contributed by atoms with van der Waals surface area (Å²) in [5, 5.41) is 8.79. The van der Waals surface area contributed by atoms with Crippen molar-refractivity contribution in [1.29, 1.82) is 0 Å². The topological polar surface area (TPSA) is 49.8 Å². The largest absolute Gasteiger partial charge is 0.394 e. The summed E-state index contributed by atoms with van der Waals surface area (Å²) in [4.78, 5) is 12.8. The normalized spacial score (nSPS) is 12.6. The number of nitrogens with zero attached hydrogens (tertiary/aromatic N) is 1. The third-order valence-electron chi connectivity index (χ3n) is 1.89. The van der Waals surface area contributed by atoms with Crippen LogP contribution in [0, 0.1) is 0 Å². The molecule has 0 saturated carbocycles. The van der Waals surface area contributed by atoms with Crippen LogP contribution in [0.3, 0.4) is 0 Å². The van der Waals surface area contributed by atoms with E-state index in [-0.39, 0.29) is 25.2 Å². The molecule has 1 atom stereocenters. The van der Waals surface area contributed by atoms with Crippen LogP contribution in [0.25, 0.3) is 0 Å². The van der Waals surface area contributed by atoms with E-state index in [9.17, 15) is 4.79 Å². The van der Waals surface area contributed by atoms with Gasteiger partial charge in [-0.2, -0.15) is 0 Å². The molecule has 0 fully saturated rings. The summed E-state index contributed by atoms with van der Waals surface area (Å²) in [6.45, 7) is 4.47. The Bertz CT molecular complexity index is 150. The minimum atomic E-state index is -0.141. The summed E-state index contributed by atoms with van der Waals surface area (Å²) in [5.74, 6) is -0.0880. The molecule has 13 heavy (non-hydrogen) atoms. The molecule has 0 bridgehead atoms. The first-order valence-corrected chi connectivity index (χ1v) is 4.57. The number of ether oxygens (including phenoxy) is 1. The van der Waals surface area contributed by atoms with Gasteiger partial charge in [-0.15, -0.1) is 0 Å². The molecule has 1 amide bonds. The number of hydrogen-bond acceptors (Lipinski definition) is 3. The Morgan fingerprint density at radius 1 is 1.62 bits per heavy atom. The molecule has 78 valence electrons. The number of aliphatic hydroxyl groups is 1. The lowest BCUT2D eigenvalue weighted by Crippen LogP contribution is -2.39. The number of carbonyl (C=O) groups is 1. The third kappa shape index (κ3) is 4.85. The van der Waals surface area contributed by atoms with Crippen LogP contribution in [0.2, 0.25) is 0 Å². The molecule has 1 unspecified atom stereocenters. The second-order valence-corrected chi connectivity index (χ2v) is 3.09. The second kappa shape index (κ2) is 6.86. The van der Waals surface area contributed by atoms with E-state index in [4.69, 9.17) is 9.84 Å². The standard InChI is InChI=1S/C9H19NO3/c1-4-5-13-7-9(12)10(3)8(2)6-11/h8,11H,4-7H2,1-3H3. The van der Waals surface area contributed by atoms with Crippen molar-refractivity contribution in [1.82, 2.24) is 4.90 Å². The average Bonchev–Trinajstić information content (AvgIpc) is 2.15. The molecule has 0 spiro atoms. The van der Waals surface area contributed by atoms with Gasteiger partial charge in [0, 0.05) is 13.7 Å². The molecule has 0 aromatic heterocycles. The Morgan fingerprint density at radius 3 is 2.69 bits per heavy atom. The molecule has 0 aromatic carbocycles. The first-order valence-electron chi connectivity index (χ1n) is 4.57. The highest BCUT2D eigenvalue weighted by Crippen LogP contribution is 1.95. The molecule has 0 aromatic rings. The van der Waals surface area contributed by atoms with Gasteiger partial charge in [-0.25, -0.2) is 0 Å². The highest BCUT2D eigenvalue weighted by molar-refractivity contribution is 5.77. The minimum absolute atomic E-state index is 0.0178. The Kier molecular flexibility index (Phi) is 6.54. The van der Waals surface area contributed by atoms with Gasteiger partial charge in [0.25, 0.3) is 0 Å².